The van der Waals surface area contributed by atoms with Gasteiger partial charge in [-0.1, -0.05) is 12.1 Å². The summed E-state index contributed by atoms with van der Waals surface area (Å²) in [4.78, 5) is 14.9. The summed E-state index contributed by atoms with van der Waals surface area (Å²) in [5, 5.41) is 4.03. The lowest BCUT2D eigenvalue weighted by Gasteiger charge is -2.31. The highest BCUT2D eigenvalue weighted by Crippen LogP contribution is 2.40. The number of pyridine rings is 1. The van der Waals surface area contributed by atoms with Gasteiger partial charge >= 0.3 is 6.18 Å². The van der Waals surface area contributed by atoms with E-state index in [9.17, 15) is 13.2 Å². The lowest BCUT2D eigenvalue weighted by molar-refractivity contribution is -0.136. The first-order chi connectivity index (χ1) is 13.8. The van der Waals surface area contributed by atoms with Crippen molar-refractivity contribution < 1.29 is 17.7 Å². The van der Waals surface area contributed by atoms with Crippen LogP contribution in [0.1, 0.15) is 54.0 Å². The summed E-state index contributed by atoms with van der Waals surface area (Å²) >= 11 is 0. The van der Waals surface area contributed by atoms with Crippen LogP contribution >= 0.6 is 0 Å². The molecular weight excluding hydrogens is 383 g/mol. The Bertz CT molecular complexity index is 992. The van der Waals surface area contributed by atoms with E-state index in [0.29, 0.717) is 30.7 Å². The summed E-state index contributed by atoms with van der Waals surface area (Å²) in [6.45, 7) is 5.84. The maximum absolute atomic E-state index is 13.7. The van der Waals surface area contributed by atoms with E-state index < -0.39 is 11.7 Å². The van der Waals surface area contributed by atoms with Crippen molar-refractivity contribution in [2.45, 2.75) is 51.7 Å². The molecule has 9 heteroatoms. The van der Waals surface area contributed by atoms with Crippen LogP contribution in [0.4, 0.5) is 13.2 Å². The largest absolute Gasteiger partial charge is 0.417 e. The number of alkyl halides is 3. The Kier molecular flexibility index (Phi) is 5.24. The van der Waals surface area contributed by atoms with Gasteiger partial charge in [0.15, 0.2) is 0 Å². The fourth-order valence-corrected chi connectivity index (χ4v) is 3.83. The number of aryl methyl sites for hydroxylation is 2. The number of aromatic nitrogens is 4. The van der Waals surface area contributed by atoms with Crippen LogP contribution in [-0.2, 0) is 19.1 Å². The van der Waals surface area contributed by atoms with Gasteiger partial charge < -0.3 is 4.52 Å². The zero-order chi connectivity index (χ0) is 20.6. The molecule has 0 amide bonds. The number of piperidine rings is 1. The number of nitrogens with zero attached hydrogens (tertiary/aromatic N) is 5. The first-order valence-corrected chi connectivity index (χ1v) is 9.71. The van der Waals surface area contributed by atoms with Crippen LogP contribution in [-0.4, -0.2) is 38.1 Å². The summed E-state index contributed by atoms with van der Waals surface area (Å²) in [5.41, 5.74) is 1.03. The molecule has 1 aliphatic heterocycles. The van der Waals surface area contributed by atoms with Gasteiger partial charge in [-0.2, -0.15) is 13.2 Å². The Morgan fingerprint density at radius 1 is 1.17 bits per heavy atom. The number of likely N-dealkylation sites (tertiary alicyclic amines) is 1. The number of hydrogen-bond donors (Lipinski definition) is 0. The number of hydrogen-bond acceptors (Lipinski definition) is 6. The van der Waals surface area contributed by atoms with Crippen LogP contribution < -0.4 is 0 Å². The third-order valence-corrected chi connectivity index (χ3v) is 5.41. The van der Waals surface area contributed by atoms with Crippen molar-refractivity contribution in [2.24, 2.45) is 0 Å². The highest BCUT2D eigenvalue weighted by molar-refractivity contribution is 5.81. The molecule has 0 aromatic carbocycles. The first kappa shape index (κ1) is 19.8. The summed E-state index contributed by atoms with van der Waals surface area (Å²) < 4.78 is 46.2. The van der Waals surface area contributed by atoms with E-state index in [-0.39, 0.29) is 17.0 Å². The Morgan fingerprint density at radius 2 is 1.86 bits per heavy atom. The molecule has 0 spiro atoms. The van der Waals surface area contributed by atoms with Crippen molar-refractivity contribution in [3.05, 3.63) is 46.8 Å². The predicted octanol–water partition coefficient (Wildman–Crippen LogP) is 4.28. The van der Waals surface area contributed by atoms with Gasteiger partial charge in [0.1, 0.15) is 5.82 Å². The van der Waals surface area contributed by atoms with Crippen LogP contribution in [0.25, 0.3) is 11.1 Å². The minimum Gasteiger partial charge on any atom is -0.336 e. The number of fused-ring (bicyclic) bond motifs is 1. The van der Waals surface area contributed by atoms with E-state index in [1.54, 1.807) is 6.92 Å². The van der Waals surface area contributed by atoms with E-state index in [4.69, 9.17) is 4.52 Å². The first-order valence-electron chi connectivity index (χ1n) is 9.71. The van der Waals surface area contributed by atoms with Gasteiger partial charge in [0.25, 0.3) is 5.71 Å². The Morgan fingerprint density at radius 3 is 2.48 bits per heavy atom. The molecule has 1 aliphatic rings. The zero-order valence-electron chi connectivity index (χ0n) is 16.3. The second-order valence-corrected chi connectivity index (χ2v) is 7.45. The molecule has 0 radical (unpaired) electrons. The molecule has 29 heavy (non-hydrogen) atoms. The molecule has 1 fully saturated rings. The van der Waals surface area contributed by atoms with Crippen molar-refractivity contribution in [2.75, 3.05) is 13.1 Å². The molecule has 0 unspecified atom stereocenters. The molecule has 1 saturated heterocycles. The average Bonchev–Trinajstić information content (AvgIpc) is 3.12. The van der Waals surface area contributed by atoms with Gasteiger partial charge in [0.05, 0.1) is 16.6 Å². The lowest BCUT2D eigenvalue weighted by atomic mass is 9.90. The van der Waals surface area contributed by atoms with Crippen molar-refractivity contribution in [3.8, 4) is 0 Å². The van der Waals surface area contributed by atoms with Crippen LogP contribution in [0.5, 0.6) is 0 Å². The smallest absolute Gasteiger partial charge is 0.336 e. The van der Waals surface area contributed by atoms with Gasteiger partial charge in [-0.15, -0.1) is 0 Å². The van der Waals surface area contributed by atoms with E-state index >= 15 is 0 Å². The Hall–Kier alpha value is -2.55. The highest BCUT2D eigenvalue weighted by Gasteiger charge is 2.37. The molecule has 6 nitrogen and oxygen atoms in total. The highest BCUT2D eigenvalue weighted by atomic mass is 19.4. The van der Waals surface area contributed by atoms with Gasteiger partial charge in [-0.25, -0.2) is 15.0 Å². The van der Waals surface area contributed by atoms with Crippen LogP contribution in [0.2, 0.25) is 0 Å². The average molecular weight is 405 g/mol. The van der Waals surface area contributed by atoms with Crippen molar-refractivity contribution >= 4 is 11.1 Å². The number of rotatable bonds is 4. The minimum absolute atomic E-state index is 0.0140. The number of halogens is 3. The maximum Gasteiger partial charge on any atom is 0.417 e. The van der Waals surface area contributed by atoms with Gasteiger partial charge in [0, 0.05) is 36.1 Å². The fraction of sp³-hybridized carbons (Fsp3) is 0.500. The molecular formula is C20H22F3N5O. The SMILES string of the molecule is CCc1cc(C(F)(F)F)c2c(C3CCN(Cc4cnc(C)nc4)CC3)noc2n1. The Balaban J connectivity index is 1.54. The second kappa shape index (κ2) is 7.70. The van der Waals surface area contributed by atoms with Crippen LogP contribution in [0, 0.1) is 6.92 Å². The van der Waals surface area contributed by atoms with E-state index in [2.05, 4.69) is 25.0 Å². The van der Waals surface area contributed by atoms with Crippen molar-refractivity contribution in [1.82, 2.24) is 25.0 Å². The molecule has 0 aliphatic carbocycles. The quantitative estimate of drug-likeness (QED) is 0.645. The second-order valence-electron chi connectivity index (χ2n) is 7.45. The maximum atomic E-state index is 13.7. The van der Waals surface area contributed by atoms with Crippen molar-refractivity contribution in [1.29, 1.82) is 0 Å². The van der Waals surface area contributed by atoms with E-state index in [0.717, 1.165) is 37.1 Å². The summed E-state index contributed by atoms with van der Waals surface area (Å²) in [7, 11) is 0. The molecule has 4 heterocycles. The standard InChI is InChI=1S/C20H22F3N5O/c1-3-15-8-16(20(21,22)23)17-18(27-29-19(17)26-15)14-4-6-28(7-5-14)11-13-9-24-12(2)25-10-13/h8-10,14H,3-7,11H2,1-2H3. The third-order valence-electron chi connectivity index (χ3n) is 5.41. The molecule has 0 saturated carbocycles. The lowest BCUT2D eigenvalue weighted by Crippen LogP contribution is -2.32. The summed E-state index contributed by atoms with van der Waals surface area (Å²) in [6, 6.07) is 1.12. The predicted molar refractivity (Wildman–Crippen MR) is 100 cm³/mol. The molecule has 3 aromatic heterocycles. The summed E-state index contributed by atoms with van der Waals surface area (Å²) in [5.74, 6) is 0.642. The summed E-state index contributed by atoms with van der Waals surface area (Å²) in [6.07, 6.45) is 0.967. The monoisotopic (exact) mass is 405 g/mol. The Labute approximate surface area is 166 Å². The van der Waals surface area contributed by atoms with E-state index in [1.807, 2.05) is 19.3 Å². The van der Waals surface area contributed by atoms with Gasteiger partial charge in [-0.3, -0.25) is 4.90 Å². The molecule has 0 N–H and O–H groups in total. The molecule has 154 valence electrons. The van der Waals surface area contributed by atoms with Crippen LogP contribution in [0.3, 0.4) is 0 Å². The van der Waals surface area contributed by atoms with Gasteiger partial charge in [-0.05, 0) is 45.3 Å². The fourth-order valence-electron chi connectivity index (χ4n) is 3.83. The molecule has 3 aromatic rings. The topological polar surface area (TPSA) is 67.9 Å². The zero-order valence-corrected chi connectivity index (χ0v) is 16.3. The molecule has 0 atom stereocenters. The van der Waals surface area contributed by atoms with Gasteiger partial charge in [0.2, 0.25) is 0 Å². The van der Waals surface area contributed by atoms with Crippen molar-refractivity contribution in [3.63, 3.8) is 0 Å². The third kappa shape index (κ3) is 4.10. The van der Waals surface area contributed by atoms with E-state index in [1.165, 1.54) is 0 Å². The molecule has 0 bridgehead atoms. The molecule has 4 rings (SSSR count). The minimum atomic E-state index is -4.47. The van der Waals surface area contributed by atoms with Crippen LogP contribution in [0.15, 0.2) is 23.0 Å². The normalized spacial score (nSPS) is 16.6.